The summed E-state index contributed by atoms with van der Waals surface area (Å²) in [6.45, 7) is 4.39. The highest BCUT2D eigenvalue weighted by atomic mass is 16.5. The maximum Gasteiger partial charge on any atom is 0.407 e. The molecule has 1 aliphatic rings. The SMILES string of the molecule is CC(C)COC(=O)NC1CCCC1O. The van der Waals surface area contributed by atoms with Gasteiger partial charge in [-0.3, -0.25) is 0 Å². The molecule has 4 nitrogen and oxygen atoms in total. The summed E-state index contributed by atoms with van der Waals surface area (Å²) in [5.74, 6) is 0.342. The van der Waals surface area contributed by atoms with Crippen molar-refractivity contribution in [3.63, 3.8) is 0 Å². The number of aliphatic hydroxyl groups excluding tert-OH is 1. The minimum absolute atomic E-state index is 0.116. The average molecular weight is 201 g/mol. The predicted molar refractivity (Wildman–Crippen MR) is 53.0 cm³/mol. The summed E-state index contributed by atoms with van der Waals surface area (Å²) in [4.78, 5) is 11.2. The number of alkyl carbamates (subject to hydrolysis) is 1. The van der Waals surface area contributed by atoms with Gasteiger partial charge in [0.1, 0.15) is 0 Å². The van der Waals surface area contributed by atoms with Gasteiger partial charge in [-0.2, -0.15) is 0 Å². The molecular weight excluding hydrogens is 182 g/mol. The summed E-state index contributed by atoms with van der Waals surface area (Å²) in [6, 6.07) is -0.116. The highest BCUT2D eigenvalue weighted by molar-refractivity contribution is 5.67. The van der Waals surface area contributed by atoms with Gasteiger partial charge < -0.3 is 15.2 Å². The molecule has 82 valence electrons. The monoisotopic (exact) mass is 201 g/mol. The average Bonchev–Trinajstić information content (AvgIpc) is 2.49. The van der Waals surface area contributed by atoms with E-state index in [1.807, 2.05) is 13.8 Å². The third-order valence-electron chi connectivity index (χ3n) is 2.33. The third-order valence-corrected chi connectivity index (χ3v) is 2.33. The van der Waals surface area contributed by atoms with E-state index in [2.05, 4.69) is 5.32 Å². The number of hydrogen-bond donors (Lipinski definition) is 2. The van der Waals surface area contributed by atoms with Gasteiger partial charge in [0.05, 0.1) is 18.8 Å². The Morgan fingerprint density at radius 1 is 1.57 bits per heavy atom. The van der Waals surface area contributed by atoms with Crippen molar-refractivity contribution in [1.82, 2.24) is 5.32 Å². The van der Waals surface area contributed by atoms with Crippen molar-refractivity contribution in [2.45, 2.75) is 45.3 Å². The van der Waals surface area contributed by atoms with Crippen LogP contribution >= 0.6 is 0 Å². The van der Waals surface area contributed by atoms with Crippen LogP contribution in [0.15, 0.2) is 0 Å². The summed E-state index contributed by atoms with van der Waals surface area (Å²) < 4.78 is 4.95. The molecule has 2 unspecified atom stereocenters. The molecule has 0 aromatic carbocycles. The van der Waals surface area contributed by atoms with Crippen LogP contribution in [0.3, 0.4) is 0 Å². The van der Waals surface area contributed by atoms with Gasteiger partial charge in [0.25, 0.3) is 0 Å². The molecule has 0 heterocycles. The van der Waals surface area contributed by atoms with E-state index in [0.717, 1.165) is 19.3 Å². The number of amides is 1. The van der Waals surface area contributed by atoms with Crippen LogP contribution < -0.4 is 5.32 Å². The number of ether oxygens (including phenoxy) is 1. The van der Waals surface area contributed by atoms with Crippen LogP contribution in [-0.4, -0.2) is 30.0 Å². The Morgan fingerprint density at radius 2 is 2.29 bits per heavy atom. The highest BCUT2D eigenvalue weighted by Gasteiger charge is 2.26. The molecule has 0 spiro atoms. The van der Waals surface area contributed by atoms with Crippen molar-refractivity contribution in [3.05, 3.63) is 0 Å². The molecule has 0 aromatic heterocycles. The second-order valence-corrected chi connectivity index (χ2v) is 4.24. The standard InChI is InChI=1S/C10H19NO3/c1-7(2)6-14-10(13)11-8-4-3-5-9(8)12/h7-9,12H,3-6H2,1-2H3,(H,11,13). The third kappa shape index (κ3) is 3.54. The maximum absolute atomic E-state index is 11.2. The second-order valence-electron chi connectivity index (χ2n) is 4.24. The number of hydrogen-bond acceptors (Lipinski definition) is 3. The smallest absolute Gasteiger partial charge is 0.407 e. The Balaban J connectivity index is 2.19. The van der Waals surface area contributed by atoms with E-state index in [1.165, 1.54) is 0 Å². The van der Waals surface area contributed by atoms with Crippen LogP contribution in [-0.2, 0) is 4.74 Å². The van der Waals surface area contributed by atoms with Gasteiger partial charge in [-0.15, -0.1) is 0 Å². The molecule has 0 aliphatic heterocycles. The van der Waals surface area contributed by atoms with Crippen LogP contribution in [0.4, 0.5) is 4.79 Å². The van der Waals surface area contributed by atoms with Gasteiger partial charge in [0.15, 0.2) is 0 Å². The molecule has 1 rings (SSSR count). The normalized spacial score (nSPS) is 26.6. The first-order valence-electron chi connectivity index (χ1n) is 5.21. The molecule has 0 saturated heterocycles. The summed E-state index contributed by atoms with van der Waals surface area (Å²) in [7, 11) is 0. The van der Waals surface area contributed by atoms with Crippen molar-refractivity contribution in [3.8, 4) is 0 Å². The molecule has 2 N–H and O–H groups in total. The number of aliphatic hydroxyl groups is 1. The van der Waals surface area contributed by atoms with E-state index in [1.54, 1.807) is 0 Å². The zero-order chi connectivity index (χ0) is 10.6. The molecule has 1 aliphatic carbocycles. The summed E-state index contributed by atoms with van der Waals surface area (Å²) in [5.41, 5.74) is 0. The molecule has 0 bridgehead atoms. The lowest BCUT2D eigenvalue weighted by Gasteiger charge is -2.16. The van der Waals surface area contributed by atoms with Crippen LogP contribution in [0.5, 0.6) is 0 Å². The van der Waals surface area contributed by atoms with E-state index < -0.39 is 12.2 Å². The molecule has 4 heteroatoms. The van der Waals surface area contributed by atoms with Gasteiger partial charge in [-0.1, -0.05) is 13.8 Å². The first kappa shape index (κ1) is 11.3. The Labute approximate surface area is 84.6 Å². The highest BCUT2D eigenvalue weighted by Crippen LogP contribution is 2.18. The van der Waals surface area contributed by atoms with Gasteiger partial charge in [-0.25, -0.2) is 4.79 Å². The molecule has 1 amide bonds. The predicted octanol–water partition coefficient (Wildman–Crippen LogP) is 1.28. The lowest BCUT2D eigenvalue weighted by Crippen LogP contribution is -2.40. The van der Waals surface area contributed by atoms with Crippen LogP contribution in [0.25, 0.3) is 0 Å². The fraction of sp³-hybridized carbons (Fsp3) is 0.900. The van der Waals surface area contributed by atoms with E-state index in [0.29, 0.717) is 12.5 Å². The number of rotatable bonds is 3. The van der Waals surface area contributed by atoms with Crippen molar-refractivity contribution in [2.75, 3.05) is 6.61 Å². The molecule has 2 atom stereocenters. The minimum Gasteiger partial charge on any atom is -0.449 e. The van der Waals surface area contributed by atoms with Gasteiger partial charge in [0, 0.05) is 0 Å². The van der Waals surface area contributed by atoms with Gasteiger partial charge >= 0.3 is 6.09 Å². The van der Waals surface area contributed by atoms with Crippen LogP contribution in [0.1, 0.15) is 33.1 Å². The Kier molecular flexibility index (Phi) is 4.20. The van der Waals surface area contributed by atoms with Gasteiger partial charge in [0.2, 0.25) is 0 Å². The fourth-order valence-corrected chi connectivity index (χ4v) is 1.54. The first-order chi connectivity index (χ1) is 6.59. The van der Waals surface area contributed by atoms with E-state index in [-0.39, 0.29) is 6.04 Å². The summed E-state index contributed by atoms with van der Waals surface area (Å²) >= 11 is 0. The largest absolute Gasteiger partial charge is 0.449 e. The Bertz CT molecular complexity index is 194. The van der Waals surface area contributed by atoms with Crippen molar-refractivity contribution < 1.29 is 14.6 Å². The van der Waals surface area contributed by atoms with Crippen LogP contribution in [0, 0.1) is 5.92 Å². The van der Waals surface area contributed by atoms with Crippen molar-refractivity contribution >= 4 is 6.09 Å². The lowest BCUT2D eigenvalue weighted by atomic mass is 10.2. The van der Waals surface area contributed by atoms with Crippen molar-refractivity contribution in [2.24, 2.45) is 5.92 Å². The fourth-order valence-electron chi connectivity index (χ4n) is 1.54. The van der Waals surface area contributed by atoms with E-state index in [4.69, 9.17) is 4.74 Å². The molecular formula is C10H19NO3. The lowest BCUT2D eigenvalue weighted by molar-refractivity contribution is 0.109. The topological polar surface area (TPSA) is 58.6 Å². The molecule has 0 radical (unpaired) electrons. The van der Waals surface area contributed by atoms with E-state index in [9.17, 15) is 9.90 Å². The minimum atomic E-state index is -0.412. The zero-order valence-electron chi connectivity index (χ0n) is 8.82. The molecule has 1 fully saturated rings. The first-order valence-corrected chi connectivity index (χ1v) is 5.21. The van der Waals surface area contributed by atoms with Crippen LogP contribution in [0.2, 0.25) is 0 Å². The van der Waals surface area contributed by atoms with Gasteiger partial charge in [-0.05, 0) is 25.2 Å². The summed E-state index contributed by atoms with van der Waals surface area (Å²) in [5, 5.41) is 12.1. The summed E-state index contributed by atoms with van der Waals surface area (Å²) in [6.07, 6.45) is 1.77. The molecule has 1 saturated carbocycles. The maximum atomic E-state index is 11.2. The van der Waals surface area contributed by atoms with Crippen molar-refractivity contribution in [1.29, 1.82) is 0 Å². The molecule has 14 heavy (non-hydrogen) atoms. The zero-order valence-corrected chi connectivity index (χ0v) is 8.82. The van der Waals surface area contributed by atoms with E-state index >= 15 is 0 Å². The Hall–Kier alpha value is -0.770. The number of nitrogens with one attached hydrogen (secondary N) is 1. The number of carbonyl (C=O) groups is 1. The second kappa shape index (κ2) is 5.20. The molecule has 0 aromatic rings. The quantitative estimate of drug-likeness (QED) is 0.723. The Morgan fingerprint density at radius 3 is 2.79 bits per heavy atom. The number of carbonyl (C=O) groups excluding carboxylic acids is 1.